The topological polar surface area (TPSA) is 73.9 Å². The minimum Gasteiger partial charge on any atom is -0.493 e. The molecule has 0 bridgehead atoms. The molecule has 0 saturated heterocycles. The zero-order chi connectivity index (χ0) is 17.4. The first kappa shape index (κ1) is 17.8. The van der Waals surface area contributed by atoms with Crippen LogP contribution in [0.1, 0.15) is 31.2 Å². The van der Waals surface area contributed by atoms with Gasteiger partial charge in [-0.2, -0.15) is 0 Å². The van der Waals surface area contributed by atoms with Crippen molar-refractivity contribution in [2.24, 2.45) is 0 Å². The summed E-state index contributed by atoms with van der Waals surface area (Å²) >= 11 is 0. The molecule has 6 heteroatoms. The average Bonchev–Trinajstić information content (AvgIpc) is 3.10. The first-order valence-electron chi connectivity index (χ1n) is 7.98. The van der Waals surface area contributed by atoms with Gasteiger partial charge in [0.15, 0.2) is 18.1 Å². The summed E-state index contributed by atoms with van der Waals surface area (Å²) in [5.74, 6) is 0.367. The van der Waals surface area contributed by atoms with E-state index in [0.717, 1.165) is 31.2 Å². The molecule has 0 radical (unpaired) electrons. The van der Waals surface area contributed by atoms with E-state index in [1.54, 1.807) is 38.5 Å². The predicted molar refractivity (Wildman–Crippen MR) is 89.9 cm³/mol. The van der Waals surface area contributed by atoms with Crippen molar-refractivity contribution >= 4 is 18.0 Å². The third-order valence-electron chi connectivity index (χ3n) is 3.89. The van der Waals surface area contributed by atoms with E-state index in [4.69, 9.17) is 14.2 Å². The molecule has 24 heavy (non-hydrogen) atoms. The van der Waals surface area contributed by atoms with Crippen LogP contribution in [-0.2, 0) is 14.3 Å². The summed E-state index contributed by atoms with van der Waals surface area (Å²) in [6.07, 6.45) is 7.15. The van der Waals surface area contributed by atoms with Crippen LogP contribution in [0.2, 0.25) is 0 Å². The van der Waals surface area contributed by atoms with Crippen molar-refractivity contribution in [2.45, 2.75) is 31.7 Å². The number of carbonyl (C=O) groups is 2. The first-order chi connectivity index (χ1) is 11.6. The highest BCUT2D eigenvalue weighted by Gasteiger charge is 2.17. The number of hydrogen-bond acceptors (Lipinski definition) is 5. The maximum Gasteiger partial charge on any atom is 0.331 e. The van der Waals surface area contributed by atoms with Gasteiger partial charge in [0, 0.05) is 12.1 Å². The van der Waals surface area contributed by atoms with E-state index >= 15 is 0 Å². The summed E-state index contributed by atoms with van der Waals surface area (Å²) in [5.41, 5.74) is 0.764. The predicted octanol–water partition coefficient (Wildman–Crippen LogP) is 2.32. The van der Waals surface area contributed by atoms with Gasteiger partial charge in [-0.1, -0.05) is 18.9 Å². The van der Waals surface area contributed by atoms with Crippen LogP contribution in [0.5, 0.6) is 11.5 Å². The second kappa shape index (κ2) is 8.96. The lowest BCUT2D eigenvalue weighted by Gasteiger charge is -2.11. The highest BCUT2D eigenvalue weighted by molar-refractivity contribution is 5.89. The Morgan fingerprint density at radius 1 is 1.17 bits per heavy atom. The lowest BCUT2D eigenvalue weighted by molar-refractivity contribution is -0.144. The van der Waals surface area contributed by atoms with E-state index in [-0.39, 0.29) is 18.6 Å². The van der Waals surface area contributed by atoms with E-state index in [2.05, 4.69) is 5.32 Å². The molecule has 2 rings (SSSR count). The molecule has 1 aromatic carbocycles. The molecule has 0 aliphatic heterocycles. The van der Waals surface area contributed by atoms with E-state index in [1.165, 1.54) is 6.08 Å². The summed E-state index contributed by atoms with van der Waals surface area (Å²) in [6, 6.07) is 5.50. The molecule has 1 fully saturated rings. The van der Waals surface area contributed by atoms with Crippen LogP contribution < -0.4 is 14.8 Å². The number of carbonyl (C=O) groups excluding carboxylic acids is 2. The second-order valence-electron chi connectivity index (χ2n) is 5.60. The van der Waals surface area contributed by atoms with Crippen LogP contribution in [0.4, 0.5) is 0 Å². The molecule has 1 amide bonds. The molecule has 1 saturated carbocycles. The third kappa shape index (κ3) is 5.30. The summed E-state index contributed by atoms with van der Waals surface area (Å²) in [5, 5.41) is 2.87. The van der Waals surface area contributed by atoms with Crippen molar-refractivity contribution in [1.29, 1.82) is 0 Å². The Bertz CT molecular complexity index is 605. The maximum atomic E-state index is 11.7. The highest BCUT2D eigenvalue weighted by atomic mass is 16.5. The van der Waals surface area contributed by atoms with Crippen LogP contribution in [0.15, 0.2) is 24.3 Å². The fourth-order valence-electron chi connectivity index (χ4n) is 2.65. The van der Waals surface area contributed by atoms with E-state index in [1.807, 2.05) is 0 Å². The van der Waals surface area contributed by atoms with Gasteiger partial charge in [-0.25, -0.2) is 4.79 Å². The van der Waals surface area contributed by atoms with Crippen molar-refractivity contribution < 1.29 is 23.8 Å². The van der Waals surface area contributed by atoms with Gasteiger partial charge in [-0.05, 0) is 36.6 Å². The number of rotatable bonds is 7. The Balaban J connectivity index is 1.80. The van der Waals surface area contributed by atoms with Crippen molar-refractivity contribution in [3.05, 3.63) is 29.8 Å². The molecule has 0 unspecified atom stereocenters. The first-order valence-corrected chi connectivity index (χ1v) is 7.98. The number of benzene rings is 1. The molecule has 0 spiro atoms. The van der Waals surface area contributed by atoms with Crippen molar-refractivity contribution in [3.8, 4) is 11.5 Å². The fourth-order valence-corrected chi connectivity index (χ4v) is 2.65. The van der Waals surface area contributed by atoms with Crippen molar-refractivity contribution in [1.82, 2.24) is 5.32 Å². The van der Waals surface area contributed by atoms with E-state index in [0.29, 0.717) is 11.5 Å². The van der Waals surface area contributed by atoms with Crippen LogP contribution in [0.25, 0.3) is 6.08 Å². The lowest BCUT2D eigenvalue weighted by Crippen LogP contribution is -2.35. The summed E-state index contributed by atoms with van der Waals surface area (Å²) in [4.78, 5) is 23.4. The van der Waals surface area contributed by atoms with Gasteiger partial charge in [-0.15, -0.1) is 0 Å². The lowest BCUT2D eigenvalue weighted by atomic mass is 10.2. The molecule has 0 heterocycles. The quantitative estimate of drug-likeness (QED) is 0.612. The normalized spacial score (nSPS) is 14.6. The van der Waals surface area contributed by atoms with E-state index < -0.39 is 5.97 Å². The molecule has 1 aromatic rings. The Morgan fingerprint density at radius 2 is 1.88 bits per heavy atom. The molecule has 1 aliphatic carbocycles. The number of methoxy groups -OCH3 is 2. The molecule has 130 valence electrons. The van der Waals surface area contributed by atoms with Crippen LogP contribution in [-0.4, -0.2) is 38.7 Å². The van der Waals surface area contributed by atoms with Gasteiger partial charge >= 0.3 is 5.97 Å². The minimum atomic E-state index is -0.564. The number of ether oxygens (including phenoxy) is 3. The highest BCUT2D eigenvalue weighted by Crippen LogP contribution is 2.27. The molecule has 6 nitrogen and oxygen atoms in total. The average molecular weight is 333 g/mol. The monoisotopic (exact) mass is 333 g/mol. The van der Waals surface area contributed by atoms with E-state index in [9.17, 15) is 9.59 Å². The Morgan fingerprint density at radius 3 is 2.54 bits per heavy atom. The largest absolute Gasteiger partial charge is 0.493 e. The van der Waals surface area contributed by atoms with Crippen LogP contribution in [0, 0.1) is 0 Å². The standard InChI is InChI=1S/C18H23NO5/c1-22-15-9-7-13(11-16(15)23-2)8-10-18(21)24-12-17(20)19-14-5-3-4-6-14/h7-11,14H,3-6,12H2,1-2H3,(H,19,20). The molecule has 0 atom stereocenters. The third-order valence-corrected chi connectivity index (χ3v) is 3.89. The van der Waals surface area contributed by atoms with Crippen molar-refractivity contribution in [2.75, 3.05) is 20.8 Å². The van der Waals surface area contributed by atoms with Gasteiger partial charge in [0.05, 0.1) is 14.2 Å². The summed E-state index contributed by atoms with van der Waals surface area (Å²) in [7, 11) is 3.10. The van der Waals surface area contributed by atoms with Gasteiger partial charge in [-0.3, -0.25) is 4.79 Å². The fraction of sp³-hybridized carbons (Fsp3) is 0.444. The summed E-state index contributed by atoms with van der Waals surface area (Å²) < 4.78 is 15.3. The minimum absolute atomic E-state index is 0.221. The van der Waals surface area contributed by atoms with Crippen LogP contribution >= 0.6 is 0 Å². The van der Waals surface area contributed by atoms with Gasteiger partial charge in [0.1, 0.15) is 0 Å². The molecule has 1 N–H and O–H groups in total. The Hall–Kier alpha value is -2.50. The molecule has 0 aromatic heterocycles. The Labute approximate surface area is 141 Å². The SMILES string of the molecule is COc1ccc(C=CC(=O)OCC(=O)NC2CCCC2)cc1OC. The van der Waals surface area contributed by atoms with Crippen molar-refractivity contribution in [3.63, 3.8) is 0 Å². The number of nitrogens with one attached hydrogen (secondary N) is 1. The number of amides is 1. The smallest absolute Gasteiger partial charge is 0.331 e. The maximum absolute atomic E-state index is 11.7. The zero-order valence-corrected chi connectivity index (χ0v) is 14.0. The Kier molecular flexibility index (Phi) is 6.66. The van der Waals surface area contributed by atoms with Gasteiger partial charge < -0.3 is 19.5 Å². The van der Waals surface area contributed by atoms with Gasteiger partial charge in [0.2, 0.25) is 0 Å². The zero-order valence-electron chi connectivity index (χ0n) is 14.0. The molecular formula is C18H23NO5. The number of esters is 1. The molecular weight excluding hydrogens is 310 g/mol. The summed E-state index contributed by atoms with van der Waals surface area (Å²) in [6.45, 7) is -0.258. The van der Waals surface area contributed by atoms with Crippen LogP contribution in [0.3, 0.4) is 0 Å². The second-order valence-corrected chi connectivity index (χ2v) is 5.60. The number of hydrogen-bond donors (Lipinski definition) is 1. The molecule has 1 aliphatic rings. The van der Waals surface area contributed by atoms with Gasteiger partial charge in [0.25, 0.3) is 5.91 Å².